The van der Waals surface area contributed by atoms with Crippen LogP contribution in [0, 0.1) is 5.92 Å². The van der Waals surface area contributed by atoms with E-state index in [4.69, 9.17) is 0 Å². The van der Waals surface area contributed by atoms with E-state index in [1.807, 2.05) is 34.7 Å². The van der Waals surface area contributed by atoms with E-state index in [-0.39, 0.29) is 11.8 Å². The smallest absolute Gasteiger partial charge is 0.146 e. The molecule has 2 heteroatoms. The zero-order valence-electron chi connectivity index (χ0n) is 12.1. The summed E-state index contributed by atoms with van der Waals surface area (Å²) in [6.45, 7) is 9.68. The van der Waals surface area contributed by atoms with Gasteiger partial charge in [-0.25, -0.2) is 0 Å². The predicted octanol–water partition coefficient (Wildman–Crippen LogP) is 3.80. The molecule has 0 heterocycles. The van der Waals surface area contributed by atoms with E-state index in [0.717, 1.165) is 12.3 Å². The lowest BCUT2D eigenvalue weighted by Crippen LogP contribution is -2.33. The Bertz CT molecular complexity index is 151. The van der Waals surface area contributed by atoms with Crippen molar-refractivity contribution in [3.63, 3.8) is 0 Å². The highest BCUT2D eigenvalue weighted by Gasteiger charge is 2.21. The molecule has 0 aliphatic heterocycles. The second-order valence-corrected chi connectivity index (χ2v) is 3.84. The number of rotatable bonds is 4. The third-order valence-corrected chi connectivity index (χ3v) is 2.88. The van der Waals surface area contributed by atoms with Gasteiger partial charge in [-0.3, -0.25) is 4.79 Å². The summed E-state index contributed by atoms with van der Waals surface area (Å²) < 4.78 is 0. The van der Waals surface area contributed by atoms with Crippen LogP contribution in [0.3, 0.4) is 0 Å². The molecule has 0 aromatic carbocycles. The predicted molar refractivity (Wildman–Crippen MR) is 72.8 cm³/mol. The Morgan fingerprint density at radius 1 is 1.19 bits per heavy atom. The minimum atomic E-state index is 0.105. The number of likely N-dealkylation sites (N-methyl/N-ethyl adjacent to an activating group) is 1. The van der Waals surface area contributed by atoms with Crippen LogP contribution in [-0.4, -0.2) is 18.9 Å². The summed E-state index contributed by atoms with van der Waals surface area (Å²) in [5.74, 6) is 1.08. The SMILES string of the molecule is CC.CC.CNC(CC1CCCC1)C(C)=O. The van der Waals surface area contributed by atoms with Crippen LogP contribution in [0.4, 0.5) is 0 Å². The fourth-order valence-corrected chi connectivity index (χ4v) is 2.07. The molecule has 0 radical (unpaired) electrons. The summed E-state index contributed by atoms with van der Waals surface area (Å²) in [5.41, 5.74) is 0. The van der Waals surface area contributed by atoms with Crippen LogP contribution in [0.1, 0.15) is 66.7 Å². The Hall–Kier alpha value is -0.370. The van der Waals surface area contributed by atoms with Gasteiger partial charge in [0.05, 0.1) is 6.04 Å². The van der Waals surface area contributed by atoms with E-state index in [2.05, 4.69) is 5.32 Å². The number of hydrogen-bond donors (Lipinski definition) is 1. The van der Waals surface area contributed by atoms with Gasteiger partial charge in [-0.1, -0.05) is 53.4 Å². The lowest BCUT2D eigenvalue weighted by atomic mass is 9.96. The molecule has 1 rings (SSSR count). The minimum absolute atomic E-state index is 0.105. The highest BCUT2D eigenvalue weighted by molar-refractivity contribution is 5.81. The minimum Gasteiger partial charge on any atom is -0.311 e. The lowest BCUT2D eigenvalue weighted by molar-refractivity contribution is -0.119. The number of nitrogens with one attached hydrogen (secondary N) is 1. The summed E-state index contributed by atoms with van der Waals surface area (Å²) in [4.78, 5) is 11.1. The van der Waals surface area contributed by atoms with Gasteiger partial charge in [0.25, 0.3) is 0 Å². The first-order valence-corrected chi connectivity index (χ1v) is 6.91. The van der Waals surface area contributed by atoms with E-state index >= 15 is 0 Å². The molecule has 2 nitrogen and oxygen atoms in total. The van der Waals surface area contributed by atoms with Gasteiger partial charge in [0.1, 0.15) is 5.78 Å². The monoisotopic (exact) mass is 229 g/mol. The zero-order chi connectivity index (χ0) is 13.0. The normalized spacial score (nSPS) is 16.6. The van der Waals surface area contributed by atoms with Crippen molar-refractivity contribution in [1.29, 1.82) is 0 Å². The largest absolute Gasteiger partial charge is 0.311 e. The van der Waals surface area contributed by atoms with Gasteiger partial charge in [-0.15, -0.1) is 0 Å². The molecular weight excluding hydrogens is 198 g/mol. The molecule has 98 valence electrons. The standard InChI is InChI=1S/C10H19NO.2C2H6/c1-8(12)10(11-2)7-9-5-3-4-6-9;2*1-2/h9-11H,3-7H2,1-2H3;2*1-2H3. The average Bonchev–Trinajstić information content (AvgIpc) is 2.83. The van der Waals surface area contributed by atoms with Crippen LogP contribution >= 0.6 is 0 Å². The zero-order valence-corrected chi connectivity index (χ0v) is 12.1. The number of carbonyl (C=O) groups excluding carboxylic acids is 1. The van der Waals surface area contributed by atoms with Crippen molar-refractivity contribution in [3.05, 3.63) is 0 Å². The Morgan fingerprint density at radius 3 is 1.94 bits per heavy atom. The first kappa shape index (κ1) is 18.0. The summed E-state index contributed by atoms with van der Waals surface area (Å²) >= 11 is 0. The van der Waals surface area contributed by atoms with Crippen molar-refractivity contribution >= 4 is 5.78 Å². The summed E-state index contributed by atoms with van der Waals surface area (Å²) in [6, 6.07) is 0.105. The second-order valence-electron chi connectivity index (χ2n) is 3.84. The van der Waals surface area contributed by atoms with Gasteiger partial charge in [0, 0.05) is 0 Å². The van der Waals surface area contributed by atoms with Crippen molar-refractivity contribution in [2.45, 2.75) is 72.8 Å². The van der Waals surface area contributed by atoms with Crippen LogP contribution < -0.4 is 5.32 Å². The average molecular weight is 229 g/mol. The van der Waals surface area contributed by atoms with Gasteiger partial charge in [-0.05, 0) is 26.3 Å². The molecule has 0 aromatic rings. The van der Waals surface area contributed by atoms with E-state index in [9.17, 15) is 4.79 Å². The van der Waals surface area contributed by atoms with Gasteiger partial charge < -0.3 is 5.32 Å². The number of ketones is 1. The van der Waals surface area contributed by atoms with Crippen LogP contribution in [0.15, 0.2) is 0 Å². The molecule has 16 heavy (non-hydrogen) atoms. The fourth-order valence-electron chi connectivity index (χ4n) is 2.07. The van der Waals surface area contributed by atoms with Crippen LogP contribution in [0.5, 0.6) is 0 Å². The molecule has 1 saturated carbocycles. The fraction of sp³-hybridized carbons (Fsp3) is 0.929. The maximum absolute atomic E-state index is 11.1. The van der Waals surface area contributed by atoms with Crippen molar-refractivity contribution < 1.29 is 4.79 Å². The molecule has 0 aromatic heterocycles. The molecule has 0 bridgehead atoms. The van der Waals surface area contributed by atoms with E-state index in [0.29, 0.717) is 0 Å². The number of hydrogen-bond acceptors (Lipinski definition) is 2. The van der Waals surface area contributed by atoms with Crippen LogP contribution in [0.2, 0.25) is 0 Å². The second kappa shape index (κ2) is 12.7. The van der Waals surface area contributed by atoms with Crippen LogP contribution in [-0.2, 0) is 4.79 Å². The van der Waals surface area contributed by atoms with Crippen molar-refractivity contribution in [3.8, 4) is 0 Å². The van der Waals surface area contributed by atoms with Crippen molar-refractivity contribution in [2.24, 2.45) is 5.92 Å². The third kappa shape index (κ3) is 7.86. The number of Topliss-reactive ketones (excluding diaryl/α,β-unsaturated/α-hetero) is 1. The Balaban J connectivity index is 0. The highest BCUT2D eigenvalue weighted by Crippen LogP contribution is 2.28. The summed E-state index contributed by atoms with van der Waals surface area (Å²) in [5, 5.41) is 3.08. The van der Waals surface area contributed by atoms with E-state index in [1.165, 1.54) is 25.7 Å². The first-order valence-electron chi connectivity index (χ1n) is 6.91. The topological polar surface area (TPSA) is 29.1 Å². The molecule has 0 saturated heterocycles. The maximum Gasteiger partial charge on any atom is 0.146 e. The maximum atomic E-state index is 11.1. The van der Waals surface area contributed by atoms with E-state index < -0.39 is 0 Å². The van der Waals surface area contributed by atoms with E-state index in [1.54, 1.807) is 6.92 Å². The molecule has 1 aliphatic rings. The Kier molecular flexibility index (Phi) is 14.3. The molecule has 0 amide bonds. The summed E-state index contributed by atoms with van der Waals surface area (Å²) in [6.07, 6.45) is 6.42. The highest BCUT2D eigenvalue weighted by atomic mass is 16.1. The van der Waals surface area contributed by atoms with Crippen molar-refractivity contribution in [2.75, 3.05) is 7.05 Å². The molecule has 1 atom stereocenters. The third-order valence-electron chi connectivity index (χ3n) is 2.88. The van der Waals surface area contributed by atoms with Gasteiger partial charge in [0.15, 0.2) is 0 Å². The number of carbonyl (C=O) groups is 1. The molecule has 1 unspecified atom stereocenters. The van der Waals surface area contributed by atoms with Crippen molar-refractivity contribution in [1.82, 2.24) is 5.32 Å². The molecular formula is C14H31NO. The van der Waals surface area contributed by atoms with Gasteiger partial charge in [0.2, 0.25) is 0 Å². The molecule has 1 aliphatic carbocycles. The Labute approximate surface area is 102 Å². The lowest BCUT2D eigenvalue weighted by Gasteiger charge is -2.16. The molecule has 0 spiro atoms. The van der Waals surface area contributed by atoms with Gasteiger partial charge in [-0.2, -0.15) is 0 Å². The quantitative estimate of drug-likeness (QED) is 0.794. The molecule has 1 N–H and O–H groups in total. The first-order chi connectivity index (χ1) is 7.74. The van der Waals surface area contributed by atoms with Crippen LogP contribution in [0.25, 0.3) is 0 Å². The van der Waals surface area contributed by atoms with Gasteiger partial charge >= 0.3 is 0 Å². The Morgan fingerprint density at radius 2 is 1.62 bits per heavy atom. The molecule has 1 fully saturated rings. The summed E-state index contributed by atoms with van der Waals surface area (Å²) in [7, 11) is 1.88.